The van der Waals surface area contributed by atoms with Crippen molar-refractivity contribution in [2.24, 2.45) is 0 Å². The Morgan fingerprint density at radius 1 is 0.449 bits per heavy atom. The highest BCUT2D eigenvalue weighted by molar-refractivity contribution is 6.99. The normalized spacial score (nSPS) is 14.2. The van der Waals surface area contributed by atoms with Crippen LogP contribution >= 0.6 is 0 Å². The number of ether oxygens (including phenoxy) is 1. The molecule has 2 nitrogen and oxygen atoms in total. The molecule has 0 saturated carbocycles. The number of fused-ring (bicyclic) bond motifs is 4. The molecular weight excluding hydrogens is 593 g/mol. The first-order valence-corrected chi connectivity index (χ1v) is 18.0. The van der Waals surface area contributed by atoms with Crippen LogP contribution in [0.2, 0.25) is 0 Å². The van der Waals surface area contributed by atoms with Gasteiger partial charge < -0.3 is 9.64 Å². The minimum absolute atomic E-state index is 0.00949. The molecule has 0 N–H and O–H groups in total. The second kappa shape index (κ2) is 11.1. The van der Waals surface area contributed by atoms with Crippen LogP contribution in [0.25, 0.3) is 11.1 Å². The average Bonchev–Trinajstić information content (AvgIpc) is 3.02. The summed E-state index contributed by atoms with van der Waals surface area (Å²) in [6.45, 7) is 27.8. The molecule has 0 unspecified atom stereocenters. The third-order valence-electron chi connectivity index (χ3n) is 10.5. The van der Waals surface area contributed by atoms with Crippen molar-refractivity contribution in [2.45, 2.75) is 105 Å². The summed E-state index contributed by atoms with van der Waals surface area (Å²) in [5.74, 6) is 1.90. The predicted molar refractivity (Wildman–Crippen MR) is 213 cm³/mol. The number of nitrogens with zero attached hydrogens (tertiary/aromatic N) is 1. The first kappa shape index (κ1) is 33.3. The molecule has 0 spiro atoms. The summed E-state index contributed by atoms with van der Waals surface area (Å²) in [6, 6.07) is 36.8. The minimum atomic E-state index is 0.00949. The fraction of sp³-hybridized carbons (Fsp3) is 0.348. The van der Waals surface area contributed by atoms with Crippen LogP contribution in [0.1, 0.15) is 105 Å². The zero-order valence-corrected chi connectivity index (χ0v) is 31.7. The van der Waals surface area contributed by atoms with Crippen molar-refractivity contribution in [2.75, 3.05) is 4.90 Å². The first-order chi connectivity index (χ1) is 22.8. The van der Waals surface area contributed by atoms with Crippen LogP contribution in [-0.2, 0) is 21.7 Å². The third kappa shape index (κ3) is 5.80. The highest BCUT2D eigenvalue weighted by atomic mass is 16.5. The van der Waals surface area contributed by atoms with Crippen LogP contribution in [0.5, 0.6) is 11.5 Å². The van der Waals surface area contributed by atoms with E-state index in [4.69, 9.17) is 4.74 Å². The number of benzene rings is 5. The van der Waals surface area contributed by atoms with Crippen LogP contribution < -0.4 is 26.0 Å². The van der Waals surface area contributed by atoms with Gasteiger partial charge in [0.1, 0.15) is 11.5 Å². The summed E-state index contributed by atoms with van der Waals surface area (Å²) in [5, 5.41) is 0. The Hall–Kier alpha value is -4.24. The lowest BCUT2D eigenvalue weighted by Gasteiger charge is -2.41. The van der Waals surface area contributed by atoms with E-state index in [1.807, 2.05) is 0 Å². The molecule has 2 aliphatic heterocycles. The zero-order chi connectivity index (χ0) is 35.3. The van der Waals surface area contributed by atoms with Crippen LogP contribution in [0.3, 0.4) is 0 Å². The second-order valence-electron chi connectivity index (χ2n) is 18.4. The van der Waals surface area contributed by atoms with E-state index in [9.17, 15) is 0 Å². The Labute approximate surface area is 295 Å². The smallest absolute Gasteiger partial charge is 0.256 e. The highest BCUT2D eigenvalue weighted by Crippen LogP contribution is 2.46. The van der Waals surface area contributed by atoms with Gasteiger partial charge in [0.05, 0.1) is 5.69 Å². The van der Waals surface area contributed by atoms with E-state index in [1.54, 1.807) is 0 Å². The lowest BCUT2D eigenvalue weighted by Crippen LogP contribution is -2.59. The maximum Gasteiger partial charge on any atom is 0.256 e. The van der Waals surface area contributed by atoms with Crippen molar-refractivity contribution in [3.05, 3.63) is 119 Å². The molecule has 2 aliphatic rings. The number of hydrogen-bond donors (Lipinski definition) is 0. The maximum atomic E-state index is 6.78. The Morgan fingerprint density at radius 3 is 1.61 bits per heavy atom. The standard InChI is InChI=1S/C46H52BNO/c1-43(2,3)30-20-22-38-35(27-30)47-36-28-31(44(4,5)6)21-23-40(36)49-41-19-15-18-39(42(41)47)48(38)37-17-14-13-16-34(37)29-24-32(45(7,8)9)26-33(25-29)46(10,11)12/h13-28H,1-12H3. The van der Waals surface area contributed by atoms with Crippen LogP contribution in [0.4, 0.5) is 17.1 Å². The quantitative estimate of drug-likeness (QED) is 0.174. The van der Waals surface area contributed by atoms with Gasteiger partial charge in [-0.3, -0.25) is 0 Å². The van der Waals surface area contributed by atoms with Gasteiger partial charge in [-0.15, -0.1) is 0 Å². The Kier molecular flexibility index (Phi) is 7.56. The van der Waals surface area contributed by atoms with E-state index < -0.39 is 0 Å². The molecule has 0 amide bonds. The van der Waals surface area contributed by atoms with Crippen molar-refractivity contribution in [3.63, 3.8) is 0 Å². The zero-order valence-electron chi connectivity index (χ0n) is 31.7. The summed E-state index contributed by atoms with van der Waals surface area (Å²) in [7, 11) is 0. The molecule has 0 saturated heterocycles. The molecule has 250 valence electrons. The van der Waals surface area contributed by atoms with E-state index >= 15 is 0 Å². The number of hydrogen-bond acceptors (Lipinski definition) is 2. The van der Waals surface area contributed by atoms with Gasteiger partial charge in [-0.2, -0.15) is 0 Å². The van der Waals surface area contributed by atoms with Gasteiger partial charge in [0.25, 0.3) is 6.71 Å². The van der Waals surface area contributed by atoms with Gasteiger partial charge in [-0.05, 0) is 96.2 Å². The fourth-order valence-corrected chi connectivity index (χ4v) is 7.44. The molecule has 7 rings (SSSR count). The SMILES string of the molecule is CC(C)(C)c1cc(-c2ccccc2N2c3ccc(C(C)(C)C)cc3B3c4cc(C(C)(C)C)ccc4Oc4cccc2c43)cc(C(C)(C)C)c1. The largest absolute Gasteiger partial charge is 0.458 e. The summed E-state index contributed by atoms with van der Waals surface area (Å²) in [5.41, 5.74) is 15.4. The maximum absolute atomic E-state index is 6.78. The topological polar surface area (TPSA) is 12.5 Å². The fourth-order valence-electron chi connectivity index (χ4n) is 7.44. The molecule has 0 radical (unpaired) electrons. The van der Waals surface area contributed by atoms with E-state index in [0.717, 1.165) is 11.5 Å². The molecule has 49 heavy (non-hydrogen) atoms. The predicted octanol–water partition coefficient (Wildman–Crippen LogP) is 10.9. The van der Waals surface area contributed by atoms with Gasteiger partial charge in [-0.1, -0.05) is 150 Å². The molecule has 2 heterocycles. The molecule has 0 atom stereocenters. The molecular formula is C46H52BNO. The molecule has 0 fully saturated rings. The van der Waals surface area contributed by atoms with Crippen LogP contribution in [-0.4, -0.2) is 6.71 Å². The Morgan fingerprint density at radius 2 is 1.00 bits per heavy atom. The third-order valence-corrected chi connectivity index (χ3v) is 10.5. The van der Waals surface area contributed by atoms with Crippen molar-refractivity contribution in [1.29, 1.82) is 0 Å². The molecule has 0 bridgehead atoms. The molecule has 5 aromatic rings. The van der Waals surface area contributed by atoms with Crippen LogP contribution in [0.15, 0.2) is 97.1 Å². The molecule has 3 heteroatoms. The molecule has 0 aliphatic carbocycles. The van der Waals surface area contributed by atoms with E-state index in [1.165, 1.54) is 66.8 Å². The van der Waals surface area contributed by atoms with Gasteiger partial charge >= 0.3 is 0 Å². The lowest BCUT2D eigenvalue weighted by molar-refractivity contribution is 0.486. The van der Waals surface area contributed by atoms with E-state index in [0.29, 0.717) is 0 Å². The van der Waals surface area contributed by atoms with E-state index in [2.05, 4.69) is 185 Å². The van der Waals surface area contributed by atoms with Crippen molar-refractivity contribution in [3.8, 4) is 22.6 Å². The number of anilines is 3. The number of para-hydroxylation sites is 1. The minimum Gasteiger partial charge on any atom is -0.458 e. The molecule has 5 aromatic carbocycles. The van der Waals surface area contributed by atoms with Gasteiger partial charge in [0, 0.05) is 16.9 Å². The Balaban J connectivity index is 1.52. The van der Waals surface area contributed by atoms with E-state index in [-0.39, 0.29) is 28.4 Å². The number of rotatable bonds is 2. The highest BCUT2D eigenvalue weighted by Gasteiger charge is 2.43. The van der Waals surface area contributed by atoms with Gasteiger partial charge in [0.15, 0.2) is 0 Å². The summed E-state index contributed by atoms with van der Waals surface area (Å²) in [6.07, 6.45) is 0. The second-order valence-corrected chi connectivity index (χ2v) is 18.4. The summed E-state index contributed by atoms with van der Waals surface area (Å²) >= 11 is 0. The van der Waals surface area contributed by atoms with Crippen molar-refractivity contribution < 1.29 is 4.74 Å². The van der Waals surface area contributed by atoms with Gasteiger partial charge in [0.2, 0.25) is 0 Å². The van der Waals surface area contributed by atoms with Gasteiger partial charge in [-0.25, -0.2) is 0 Å². The molecule has 0 aromatic heterocycles. The van der Waals surface area contributed by atoms with Crippen molar-refractivity contribution >= 4 is 40.2 Å². The van der Waals surface area contributed by atoms with Crippen LogP contribution in [0, 0.1) is 0 Å². The average molecular weight is 646 g/mol. The summed E-state index contributed by atoms with van der Waals surface area (Å²) in [4.78, 5) is 2.51. The first-order valence-electron chi connectivity index (χ1n) is 18.0. The lowest BCUT2D eigenvalue weighted by atomic mass is 9.34. The Bertz CT molecular complexity index is 2060. The summed E-state index contributed by atoms with van der Waals surface area (Å²) < 4.78 is 6.78. The van der Waals surface area contributed by atoms with Crippen molar-refractivity contribution in [1.82, 2.24) is 0 Å². The monoisotopic (exact) mass is 645 g/mol.